The highest BCUT2D eigenvalue weighted by Crippen LogP contribution is 2.39. The number of fused-ring (bicyclic) bond motifs is 3. The van der Waals surface area contributed by atoms with E-state index in [1.807, 2.05) is 0 Å². The molecule has 1 aliphatic heterocycles. The summed E-state index contributed by atoms with van der Waals surface area (Å²) < 4.78 is 12.4. The zero-order valence-electron chi connectivity index (χ0n) is 16.1. The highest BCUT2D eigenvalue weighted by molar-refractivity contribution is 6.08. The third kappa shape index (κ3) is 2.81. The first-order valence-corrected chi connectivity index (χ1v) is 9.54. The minimum Gasteiger partial charge on any atom is -0.462 e. The third-order valence-electron chi connectivity index (χ3n) is 5.20. The molecule has 1 aliphatic carbocycles. The molecule has 0 atom stereocenters. The summed E-state index contributed by atoms with van der Waals surface area (Å²) in [7, 11) is 1.68. The van der Waals surface area contributed by atoms with Gasteiger partial charge in [0.15, 0.2) is 11.5 Å². The molecule has 9 heteroatoms. The number of amides is 1. The fourth-order valence-corrected chi connectivity index (χ4v) is 3.58. The number of benzene rings is 1. The Kier molecular flexibility index (Phi) is 3.97. The molecular weight excluding hydrogens is 374 g/mol. The van der Waals surface area contributed by atoms with Crippen molar-refractivity contribution in [3.8, 4) is 17.3 Å². The summed E-state index contributed by atoms with van der Waals surface area (Å²) in [5.41, 5.74) is 2.38. The van der Waals surface area contributed by atoms with Crippen LogP contribution in [0.1, 0.15) is 57.9 Å². The van der Waals surface area contributed by atoms with E-state index in [0.29, 0.717) is 34.6 Å². The Balaban J connectivity index is 1.66. The van der Waals surface area contributed by atoms with Gasteiger partial charge < -0.3 is 14.2 Å². The molecule has 1 aromatic carbocycles. The number of nitrogens with zero attached hydrogens (tertiary/aromatic N) is 5. The first kappa shape index (κ1) is 17.6. The van der Waals surface area contributed by atoms with Crippen LogP contribution in [-0.2, 0) is 11.3 Å². The van der Waals surface area contributed by atoms with Crippen molar-refractivity contribution in [3.05, 3.63) is 47.2 Å². The lowest BCUT2D eigenvalue weighted by atomic mass is 10.0. The number of carbonyl (C=O) groups excluding carboxylic acids is 2. The van der Waals surface area contributed by atoms with Gasteiger partial charge in [-0.25, -0.2) is 9.78 Å². The Bertz CT molecular complexity index is 1130. The normalized spacial score (nSPS) is 15.7. The van der Waals surface area contributed by atoms with Gasteiger partial charge in [-0.1, -0.05) is 11.2 Å². The molecule has 2 aromatic heterocycles. The van der Waals surface area contributed by atoms with Crippen LogP contribution >= 0.6 is 0 Å². The molecule has 0 spiro atoms. The molecule has 2 aliphatic rings. The van der Waals surface area contributed by atoms with Crippen LogP contribution in [0.5, 0.6) is 0 Å². The van der Waals surface area contributed by atoms with Gasteiger partial charge in [0.1, 0.15) is 6.33 Å². The maximum atomic E-state index is 13.1. The molecule has 9 nitrogen and oxygen atoms in total. The molecule has 0 radical (unpaired) electrons. The van der Waals surface area contributed by atoms with Crippen molar-refractivity contribution in [2.45, 2.75) is 32.2 Å². The van der Waals surface area contributed by atoms with Crippen molar-refractivity contribution in [2.24, 2.45) is 0 Å². The van der Waals surface area contributed by atoms with Crippen molar-refractivity contribution in [2.75, 3.05) is 13.7 Å². The minimum atomic E-state index is -0.527. The van der Waals surface area contributed by atoms with Gasteiger partial charge in [-0.05, 0) is 31.9 Å². The van der Waals surface area contributed by atoms with Gasteiger partial charge in [-0.15, -0.1) is 0 Å². The van der Waals surface area contributed by atoms with E-state index in [4.69, 9.17) is 9.26 Å². The van der Waals surface area contributed by atoms with Crippen LogP contribution in [0.3, 0.4) is 0 Å². The number of ether oxygens (including phenoxy) is 1. The second-order valence-corrected chi connectivity index (χ2v) is 7.22. The van der Waals surface area contributed by atoms with Crippen LogP contribution in [0, 0.1) is 0 Å². The molecule has 1 saturated carbocycles. The number of aromatic nitrogens is 4. The summed E-state index contributed by atoms with van der Waals surface area (Å²) in [5.74, 6) is 0.616. The van der Waals surface area contributed by atoms with Gasteiger partial charge in [-0.3, -0.25) is 9.36 Å². The minimum absolute atomic E-state index is 0.230. The summed E-state index contributed by atoms with van der Waals surface area (Å²) in [4.78, 5) is 36.1. The standard InChI is InChI=1S/C20H19N5O4/c1-3-28-20(27)12-5-4-6-13-15(12)19(26)24(2)9-14-16(21-10-25(13)14)18-22-17(23-29-18)11-7-8-11/h4-6,10-11H,3,7-9H2,1-2H3. The van der Waals surface area contributed by atoms with E-state index in [-0.39, 0.29) is 24.6 Å². The number of imidazole rings is 1. The van der Waals surface area contributed by atoms with Gasteiger partial charge in [-0.2, -0.15) is 4.98 Å². The predicted octanol–water partition coefficient (Wildman–Crippen LogP) is 2.56. The summed E-state index contributed by atoms with van der Waals surface area (Å²) in [6.45, 7) is 2.24. The summed E-state index contributed by atoms with van der Waals surface area (Å²) in [6.07, 6.45) is 3.76. The third-order valence-corrected chi connectivity index (χ3v) is 5.20. The number of hydrogen-bond donors (Lipinski definition) is 0. The van der Waals surface area contributed by atoms with Crippen molar-refractivity contribution < 1.29 is 18.8 Å². The van der Waals surface area contributed by atoms with Crippen molar-refractivity contribution in [1.29, 1.82) is 0 Å². The Morgan fingerprint density at radius 2 is 2.17 bits per heavy atom. The molecule has 148 valence electrons. The van der Waals surface area contributed by atoms with E-state index in [9.17, 15) is 9.59 Å². The van der Waals surface area contributed by atoms with Crippen LogP contribution in [0.25, 0.3) is 17.3 Å². The lowest BCUT2D eigenvalue weighted by Crippen LogP contribution is -2.27. The van der Waals surface area contributed by atoms with Crippen LogP contribution in [0.15, 0.2) is 29.0 Å². The molecule has 5 rings (SSSR count). The number of carbonyl (C=O) groups is 2. The first-order chi connectivity index (χ1) is 14.1. The van der Waals surface area contributed by atoms with E-state index in [2.05, 4.69) is 15.1 Å². The SMILES string of the molecule is CCOC(=O)c1cccc2c1C(=O)N(C)Cc1c(-c3nc(C4CC4)no3)ncn1-2. The van der Waals surface area contributed by atoms with E-state index in [1.54, 1.807) is 48.0 Å². The van der Waals surface area contributed by atoms with Crippen molar-refractivity contribution in [3.63, 3.8) is 0 Å². The summed E-state index contributed by atoms with van der Waals surface area (Å²) in [5, 5.41) is 4.07. The molecule has 3 aromatic rings. The zero-order chi connectivity index (χ0) is 20.1. The molecule has 3 heterocycles. The Labute approximate surface area is 166 Å². The molecule has 0 saturated heterocycles. The van der Waals surface area contributed by atoms with E-state index in [1.165, 1.54) is 0 Å². The van der Waals surface area contributed by atoms with Crippen LogP contribution in [-0.4, -0.2) is 50.1 Å². The largest absolute Gasteiger partial charge is 0.462 e. The van der Waals surface area contributed by atoms with E-state index < -0.39 is 5.97 Å². The van der Waals surface area contributed by atoms with Crippen molar-refractivity contribution >= 4 is 11.9 Å². The van der Waals surface area contributed by atoms with Gasteiger partial charge in [0, 0.05) is 13.0 Å². The predicted molar refractivity (Wildman–Crippen MR) is 101 cm³/mol. The fourth-order valence-electron chi connectivity index (χ4n) is 3.58. The molecule has 0 bridgehead atoms. The zero-order valence-corrected chi connectivity index (χ0v) is 16.1. The quantitative estimate of drug-likeness (QED) is 0.628. The van der Waals surface area contributed by atoms with Crippen LogP contribution < -0.4 is 0 Å². The molecule has 0 unspecified atom stereocenters. The Morgan fingerprint density at radius 1 is 1.34 bits per heavy atom. The molecule has 29 heavy (non-hydrogen) atoms. The van der Waals surface area contributed by atoms with Crippen molar-refractivity contribution in [1.82, 2.24) is 24.6 Å². The monoisotopic (exact) mass is 393 g/mol. The van der Waals surface area contributed by atoms with Gasteiger partial charge in [0.05, 0.1) is 35.7 Å². The highest BCUT2D eigenvalue weighted by atomic mass is 16.5. The average Bonchev–Trinajstić information content (AvgIpc) is 3.34. The highest BCUT2D eigenvalue weighted by Gasteiger charge is 2.33. The summed E-state index contributed by atoms with van der Waals surface area (Å²) in [6, 6.07) is 5.11. The molecular formula is C20H19N5O4. The van der Waals surface area contributed by atoms with E-state index >= 15 is 0 Å². The smallest absolute Gasteiger partial charge is 0.339 e. The van der Waals surface area contributed by atoms with Gasteiger partial charge in [0.2, 0.25) is 0 Å². The maximum absolute atomic E-state index is 13.1. The number of esters is 1. The molecule has 1 amide bonds. The maximum Gasteiger partial charge on any atom is 0.339 e. The Hall–Kier alpha value is -3.49. The lowest BCUT2D eigenvalue weighted by Gasteiger charge is -2.16. The number of hydrogen-bond acceptors (Lipinski definition) is 7. The van der Waals surface area contributed by atoms with Crippen LogP contribution in [0.2, 0.25) is 0 Å². The topological polar surface area (TPSA) is 103 Å². The van der Waals surface area contributed by atoms with Gasteiger partial charge in [0.25, 0.3) is 11.8 Å². The van der Waals surface area contributed by atoms with Gasteiger partial charge >= 0.3 is 5.97 Å². The second-order valence-electron chi connectivity index (χ2n) is 7.22. The lowest BCUT2D eigenvalue weighted by molar-refractivity contribution is 0.0520. The first-order valence-electron chi connectivity index (χ1n) is 9.54. The van der Waals surface area contributed by atoms with E-state index in [0.717, 1.165) is 18.5 Å². The summed E-state index contributed by atoms with van der Waals surface area (Å²) >= 11 is 0. The molecule has 1 fully saturated rings. The second kappa shape index (κ2) is 6.54. The fraction of sp³-hybridized carbons (Fsp3) is 0.350. The molecule has 0 N–H and O–H groups in total. The number of rotatable bonds is 4. The van der Waals surface area contributed by atoms with Crippen LogP contribution in [0.4, 0.5) is 0 Å². The average molecular weight is 393 g/mol. The Morgan fingerprint density at radius 3 is 2.93 bits per heavy atom.